The minimum atomic E-state index is -0.135. The Morgan fingerprint density at radius 3 is 3.09 bits per heavy atom. The molecule has 0 saturated carbocycles. The number of carbonyl (C=O) groups is 1. The molecule has 1 aromatic heterocycles. The number of fused-ring (bicyclic) bond motifs is 1. The fourth-order valence-corrected chi connectivity index (χ4v) is 2.24. The van der Waals surface area contributed by atoms with Crippen molar-refractivity contribution in [1.29, 1.82) is 0 Å². The number of benzene rings is 1. The SMILES string of the molecule is CCc1nc(CNC(C)c2ccc3c(c2)NC(=O)CO3)no1. The van der Waals surface area contributed by atoms with E-state index in [-0.39, 0.29) is 18.6 Å². The van der Waals surface area contributed by atoms with E-state index in [1.807, 2.05) is 32.0 Å². The van der Waals surface area contributed by atoms with Crippen molar-refractivity contribution in [3.05, 3.63) is 35.5 Å². The number of ether oxygens (including phenoxy) is 1. The maximum atomic E-state index is 11.4. The van der Waals surface area contributed by atoms with Crippen LogP contribution < -0.4 is 15.4 Å². The zero-order valence-electron chi connectivity index (χ0n) is 12.5. The maximum absolute atomic E-state index is 11.4. The van der Waals surface area contributed by atoms with Crippen LogP contribution in [0.3, 0.4) is 0 Å². The van der Waals surface area contributed by atoms with Crippen LogP contribution in [-0.4, -0.2) is 22.7 Å². The van der Waals surface area contributed by atoms with Crippen LogP contribution in [0, 0.1) is 0 Å². The van der Waals surface area contributed by atoms with Gasteiger partial charge >= 0.3 is 0 Å². The lowest BCUT2D eigenvalue weighted by molar-refractivity contribution is -0.118. The van der Waals surface area contributed by atoms with Gasteiger partial charge in [-0.2, -0.15) is 4.98 Å². The van der Waals surface area contributed by atoms with Gasteiger partial charge in [-0.3, -0.25) is 4.79 Å². The molecule has 0 saturated heterocycles. The van der Waals surface area contributed by atoms with E-state index in [0.29, 0.717) is 29.7 Å². The Labute approximate surface area is 128 Å². The van der Waals surface area contributed by atoms with Gasteiger partial charge in [0.25, 0.3) is 5.91 Å². The first kappa shape index (κ1) is 14.5. The molecule has 1 atom stereocenters. The number of nitrogens with one attached hydrogen (secondary N) is 2. The molecule has 22 heavy (non-hydrogen) atoms. The largest absolute Gasteiger partial charge is 0.482 e. The average Bonchev–Trinajstić information content (AvgIpc) is 3.00. The summed E-state index contributed by atoms with van der Waals surface area (Å²) in [6, 6.07) is 5.83. The fourth-order valence-electron chi connectivity index (χ4n) is 2.24. The second-order valence-electron chi connectivity index (χ2n) is 5.15. The number of carbonyl (C=O) groups excluding carboxylic acids is 1. The Hall–Kier alpha value is -2.41. The molecule has 0 aliphatic carbocycles. The van der Waals surface area contributed by atoms with Gasteiger partial charge in [-0.25, -0.2) is 0 Å². The quantitative estimate of drug-likeness (QED) is 0.875. The maximum Gasteiger partial charge on any atom is 0.262 e. The third-order valence-electron chi connectivity index (χ3n) is 3.52. The van der Waals surface area contributed by atoms with Gasteiger partial charge in [0.05, 0.1) is 12.2 Å². The van der Waals surface area contributed by atoms with Gasteiger partial charge in [0.15, 0.2) is 12.4 Å². The van der Waals surface area contributed by atoms with Crippen molar-refractivity contribution < 1.29 is 14.1 Å². The molecular formula is C15H18N4O3. The zero-order valence-corrected chi connectivity index (χ0v) is 12.5. The molecule has 0 fully saturated rings. The molecule has 2 aromatic rings. The molecular weight excluding hydrogens is 284 g/mol. The highest BCUT2D eigenvalue weighted by atomic mass is 16.5. The molecule has 7 nitrogen and oxygen atoms in total. The third kappa shape index (κ3) is 3.09. The summed E-state index contributed by atoms with van der Waals surface area (Å²) in [5, 5.41) is 10.0. The summed E-state index contributed by atoms with van der Waals surface area (Å²) >= 11 is 0. The molecule has 7 heteroatoms. The first-order chi connectivity index (χ1) is 10.7. The van der Waals surface area contributed by atoms with Crippen LogP contribution in [0.15, 0.2) is 22.7 Å². The van der Waals surface area contributed by atoms with Gasteiger partial charge in [0, 0.05) is 12.5 Å². The number of aryl methyl sites for hydroxylation is 1. The molecule has 1 aliphatic rings. The van der Waals surface area contributed by atoms with Crippen molar-refractivity contribution >= 4 is 11.6 Å². The van der Waals surface area contributed by atoms with Gasteiger partial charge in [-0.05, 0) is 24.6 Å². The summed E-state index contributed by atoms with van der Waals surface area (Å²) < 4.78 is 10.4. The van der Waals surface area contributed by atoms with Gasteiger partial charge in [0.2, 0.25) is 5.89 Å². The van der Waals surface area contributed by atoms with E-state index in [1.165, 1.54) is 0 Å². The van der Waals surface area contributed by atoms with E-state index in [1.54, 1.807) is 0 Å². The van der Waals surface area contributed by atoms with E-state index >= 15 is 0 Å². The molecule has 1 aromatic carbocycles. The Balaban J connectivity index is 1.65. The van der Waals surface area contributed by atoms with Crippen molar-refractivity contribution in [2.24, 2.45) is 0 Å². The van der Waals surface area contributed by atoms with Crippen LogP contribution in [0.1, 0.15) is 37.2 Å². The molecule has 0 radical (unpaired) electrons. The highest BCUT2D eigenvalue weighted by Crippen LogP contribution is 2.30. The number of hydrogen-bond acceptors (Lipinski definition) is 6. The molecule has 3 rings (SSSR count). The van der Waals surface area contributed by atoms with Crippen molar-refractivity contribution in [3.8, 4) is 5.75 Å². The second kappa shape index (κ2) is 6.15. The van der Waals surface area contributed by atoms with Crippen molar-refractivity contribution in [1.82, 2.24) is 15.5 Å². The summed E-state index contributed by atoms with van der Waals surface area (Å²) in [6.45, 7) is 4.59. The molecule has 2 heterocycles. The normalized spacial score (nSPS) is 14.9. The van der Waals surface area contributed by atoms with Crippen LogP contribution in [0.5, 0.6) is 5.75 Å². The van der Waals surface area contributed by atoms with Crippen LogP contribution in [0.25, 0.3) is 0 Å². The van der Waals surface area contributed by atoms with E-state index < -0.39 is 0 Å². The predicted molar refractivity (Wildman–Crippen MR) is 79.5 cm³/mol. The number of amides is 1. The Bertz CT molecular complexity index is 683. The first-order valence-electron chi connectivity index (χ1n) is 7.27. The van der Waals surface area contributed by atoms with Crippen LogP contribution in [0.4, 0.5) is 5.69 Å². The molecule has 116 valence electrons. The minimum absolute atomic E-state index is 0.0672. The molecule has 1 amide bonds. The van der Waals surface area contributed by atoms with E-state index in [9.17, 15) is 4.79 Å². The monoisotopic (exact) mass is 302 g/mol. The summed E-state index contributed by atoms with van der Waals surface area (Å²) in [6.07, 6.45) is 0.729. The third-order valence-corrected chi connectivity index (χ3v) is 3.52. The number of anilines is 1. The van der Waals surface area contributed by atoms with Crippen molar-refractivity contribution in [2.45, 2.75) is 32.9 Å². The average molecular weight is 302 g/mol. The van der Waals surface area contributed by atoms with E-state index in [2.05, 4.69) is 20.8 Å². The first-order valence-corrected chi connectivity index (χ1v) is 7.27. The van der Waals surface area contributed by atoms with Gasteiger partial charge in [-0.15, -0.1) is 0 Å². The van der Waals surface area contributed by atoms with Gasteiger partial charge < -0.3 is 19.9 Å². The lowest BCUT2D eigenvalue weighted by atomic mass is 10.1. The van der Waals surface area contributed by atoms with Crippen LogP contribution >= 0.6 is 0 Å². The lowest BCUT2D eigenvalue weighted by Crippen LogP contribution is -2.26. The topological polar surface area (TPSA) is 89.3 Å². The zero-order chi connectivity index (χ0) is 15.5. The van der Waals surface area contributed by atoms with E-state index in [4.69, 9.17) is 9.26 Å². The molecule has 1 unspecified atom stereocenters. The highest BCUT2D eigenvalue weighted by Gasteiger charge is 2.17. The van der Waals surface area contributed by atoms with Gasteiger partial charge in [-0.1, -0.05) is 18.1 Å². The molecule has 0 spiro atoms. The number of nitrogens with zero attached hydrogens (tertiary/aromatic N) is 2. The predicted octanol–water partition coefficient (Wildman–Crippen LogP) is 1.81. The summed E-state index contributed by atoms with van der Waals surface area (Å²) in [4.78, 5) is 15.6. The number of rotatable bonds is 5. The summed E-state index contributed by atoms with van der Waals surface area (Å²) in [5.41, 5.74) is 1.75. The number of aromatic nitrogens is 2. The van der Waals surface area contributed by atoms with E-state index in [0.717, 1.165) is 12.0 Å². The lowest BCUT2D eigenvalue weighted by Gasteiger charge is -2.20. The van der Waals surface area contributed by atoms with Crippen LogP contribution in [0.2, 0.25) is 0 Å². The number of hydrogen-bond donors (Lipinski definition) is 2. The minimum Gasteiger partial charge on any atom is -0.482 e. The summed E-state index contributed by atoms with van der Waals surface area (Å²) in [7, 11) is 0. The van der Waals surface area contributed by atoms with Gasteiger partial charge in [0.1, 0.15) is 5.75 Å². The van der Waals surface area contributed by atoms with Crippen molar-refractivity contribution in [3.63, 3.8) is 0 Å². The molecule has 2 N–H and O–H groups in total. The highest BCUT2D eigenvalue weighted by molar-refractivity contribution is 5.95. The molecule has 1 aliphatic heterocycles. The van der Waals surface area contributed by atoms with Crippen LogP contribution in [-0.2, 0) is 17.8 Å². The Morgan fingerprint density at radius 1 is 1.45 bits per heavy atom. The smallest absolute Gasteiger partial charge is 0.262 e. The molecule has 0 bridgehead atoms. The van der Waals surface area contributed by atoms with Crippen molar-refractivity contribution in [2.75, 3.05) is 11.9 Å². The second-order valence-corrected chi connectivity index (χ2v) is 5.15. The Kier molecular flexibility index (Phi) is 4.06. The fraction of sp³-hybridized carbons (Fsp3) is 0.400. The Morgan fingerprint density at radius 2 is 2.32 bits per heavy atom. The summed E-state index contributed by atoms with van der Waals surface area (Å²) in [5.74, 6) is 1.84. The standard InChI is InChI=1S/C15H18N4O3/c1-3-15-18-13(19-22-15)7-16-9(2)10-4-5-12-11(6-10)17-14(20)8-21-12/h4-6,9,16H,3,7-8H2,1-2H3,(H,17,20).